The van der Waals surface area contributed by atoms with E-state index in [9.17, 15) is 13.2 Å². The van der Waals surface area contributed by atoms with Crippen LogP contribution in [0.25, 0.3) is 0 Å². The van der Waals surface area contributed by atoms with Gasteiger partial charge in [0.25, 0.3) is 15.9 Å². The number of carbonyl (C=O) groups is 1. The summed E-state index contributed by atoms with van der Waals surface area (Å²) in [6.07, 6.45) is 1.03. The van der Waals surface area contributed by atoms with E-state index in [0.29, 0.717) is 24.3 Å². The zero-order valence-corrected chi connectivity index (χ0v) is 17.1. The van der Waals surface area contributed by atoms with E-state index >= 15 is 0 Å². The van der Waals surface area contributed by atoms with E-state index in [2.05, 4.69) is 17.6 Å². The number of nitrogens with one attached hydrogen (secondary N) is 2. The number of halogens is 1. The van der Waals surface area contributed by atoms with Gasteiger partial charge in [0.2, 0.25) is 0 Å². The molecule has 2 aromatic rings. The Labute approximate surface area is 167 Å². The summed E-state index contributed by atoms with van der Waals surface area (Å²) in [6.45, 7) is 4.13. The lowest BCUT2D eigenvalue weighted by molar-refractivity contribution is 0.0953. The SMILES string of the molecule is CCCNCCNC(=O)c1cccc(S(=O)(=O)N(C)c2ccccc2)c1.Cl. The normalized spacial score (nSPS) is 10.7. The van der Waals surface area contributed by atoms with Crippen LogP contribution >= 0.6 is 12.4 Å². The van der Waals surface area contributed by atoms with Crippen LogP contribution in [0.1, 0.15) is 23.7 Å². The maximum Gasteiger partial charge on any atom is 0.264 e. The molecule has 0 heterocycles. The van der Waals surface area contributed by atoms with Gasteiger partial charge in [-0.2, -0.15) is 0 Å². The molecule has 0 aliphatic heterocycles. The number of amides is 1. The third kappa shape index (κ3) is 6.23. The number of nitrogens with zero attached hydrogens (tertiary/aromatic N) is 1. The maximum atomic E-state index is 12.8. The molecule has 0 aliphatic rings. The third-order valence-corrected chi connectivity index (χ3v) is 5.67. The highest BCUT2D eigenvalue weighted by Gasteiger charge is 2.22. The van der Waals surface area contributed by atoms with Crippen LogP contribution < -0.4 is 14.9 Å². The van der Waals surface area contributed by atoms with E-state index in [-0.39, 0.29) is 23.2 Å². The van der Waals surface area contributed by atoms with Gasteiger partial charge in [0.15, 0.2) is 0 Å². The number of hydrogen-bond donors (Lipinski definition) is 2. The van der Waals surface area contributed by atoms with Crippen LogP contribution in [-0.2, 0) is 10.0 Å². The number of para-hydroxylation sites is 1. The minimum absolute atomic E-state index is 0. The predicted octanol–water partition coefficient (Wildman–Crippen LogP) is 2.66. The van der Waals surface area contributed by atoms with Gasteiger partial charge in [-0.1, -0.05) is 31.2 Å². The standard InChI is InChI=1S/C19H25N3O3S.ClH/c1-3-12-20-13-14-21-19(23)16-8-7-11-18(15-16)26(24,25)22(2)17-9-5-4-6-10-17;/h4-11,15,20H,3,12-14H2,1-2H3,(H,21,23);1H. The molecule has 2 rings (SSSR count). The van der Waals surface area contributed by atoms with Crippen LogP contribution in [0.5, 0.6) is 0 Å². The van der Waals surface area contributed by atoms with Crippen LogP contribution in [0.15, 0.2) is 59.5 Å². The van der Waals surface area contributed by atoms with Gasteiger partial charge in [0, 0.05) is 25.7 Å². The average molecular weight is 412 g/mol. The maximum absolute atomic E-state index is 12.8. The number of anilines is 1. The van der Waals surface area contributed by atoms with Crippen molar-refractivity contribution in [2.45, 2.75) is 18.2 Å². The van der Waals surface area contributed by atoms with E-state index in [0.717, 1.165) is 13.0 Å². The Morgan fingerprint density at radius 3 is 2.37 bits per heavy atom. The van der Waals surface area contributed by atoms with Crippen molar-refractivity contribution in [3.8, 4) is 0 Å². The summed E-state index contributed by atoms with van der Waals surface area (Å²) in [6, 6.07) is 14.9. The second-order valence-corrected chi connectivity index (χ2v) is 7.81. The quantitative estimate of drug-likeness (QED) is 0.622. The van der Waals surface area contributed by atoms with Gasteiger partial charge in [-0.15, -0.1) is 12.4 Å². The van der Waals surface area contributed by atoms with Crippen molar-refractivity contribution in [1.29, 1.82) is 0 Å². The van der Waals surface area contributed by atoms with Crippen molar-refractivity contribution in [2.75, 3.05) is 31.0 Å². The fourth-order valence-electron chi connectivity index (χ4n) is 2.40. The first-order valence-corrected chi connectivity index (χ1v) is 10.0. The highest BCUT2D eigenvalue weighted by molar-refractivity contribution is 7.92. The smallest absolute Gasteiger partial charge is 0.264 e. The third-order valence-electron chi connectivity index (χ3n) is 3.89. The first-order chi connectivity index (χ1) is 12.5. The lowest BCUT2D eigenvalue weighted by Gasteiger charge is -2.19. The second-order valence-electron chi connectivity index (χ2n) is 5.84. The molecule has 6 nitrogen and oxygen atoms in total. The molecular weight excluding hydrogens is 386 g/mol. The van der Waals surface area contributed by atoms with Crippen LogP contribution in [0.3, 0.4) is 0 Å². The molecule has 0 aliphatic carbocycles. The summed E-state index contributed by atoms with van der Waals surface area (Å²) in [7, 11) is -2.24. The summed E-state index contributed by atoms with van der Waals surface area (Å²) in [5.41, 5.74) is 0.882. The molecule has 0 fully saturated rings. The number of carbonyl (C=O) groups excluding carboxylic acids is 1. The largest absolute Gasteiger partial charge is 0.351 e. The molecule has 0 saturated carbocycles. The summed E-state index contributed by atoms with van der Waals surface area (Å²) < 4.78 is 26.9. The van der Waals surface area contributed by atoms with Crippen molar-refractivity contribution in [3.05, 3.63) is 60.2 Å². The van der Waals surface area contributed by atoms with Crippen molar-refractivity contribution < 1.29 is 13.2 Å². The van der Waals surface area contributed by atoms with E-state index in [1.54, 1.807) is 36.4 Å². The summed E-state index contributed by atoms with van der Waals surface area (Å²) in [4.78, 5) is 12.3. The van der Waals surface area contributed by atoms with Crippen molar-refractivity contribution >= 4 is 34.0 Å². The van der Waals surface area contributed by atoms with Gasteiger partial charge in [-0.25, -0.2) is 8.42 Å². The zero-order chi connectivity index (χ0) is 19.0. The van der Waals surface area contributed by atoms with Gasteiger partial charge in [-0.05, 0) is 43.3 Å². The highest BCUT2D eigenvalue weighted by atomic mass is 35.5. The zero-order valence-electron chi connectivity index (χ0n) is 15.5. The van der Waals surface area contributed by atoms with Gasteiger partial charge in [0.05, 0.1) is 10.6 Å². The Balaban J connectivity index is 0.00000364. The van der Waals surface area contributed by atoms with Crippen molar-refractivity contribution in [2.24, 2.45) is 0 Å². The number of benzene rings is 2. The van der Waals surface area contributed by atoms with Crippen molar-refractivity contribution in [1.82, 2.24) is 10.6 Å². The molecule has 0 radical (unpaired) electrons. The van der Waals surface area contributed by atoms with Crippen LogP contribution in [-0.4, -0.2) is 41.0 Å². The van der Waals surface area contributed by atoms with Gasteiger partial charge < -0.3 is 10.6 Å². The highest BCUT2D eigenvalue weighted by Crippen LogP contribution is 2.22. The number of sulfonamides is 1. The first-order valence-electron chi connectivity index (χ1n) is 8.59. The molecule has 0 spiro atoms. The Hall–Kier alpha value is -2.09. The lowest BCUT2D eigenvalue weighted by Crippen LogP contribution is -2.32. The minimum atomic E-state index is -3.74. The molecule has 0 saturated heterocycles. The van der Waals surface area contributed by atoms with Gasteiger partial charge in [-0.3, -0.25) is 9.10 Å². The van der Waals surface area contributed by atoms with E-state index < -0.39 is 10.0 Å². The van der Waals surface area contributed by atoms with E-state index in [4.69, 9.17) is 0 Å². The van der Waals surface area contributed by atoms with Gasteiger partial charge in [0.1, 0.15) is 0 Å². The molecule has 8 heteroatoms. The average Bonchev–Trinajstić information content (AvgIpc) is 2.67. The van der Waals surface area contributed by atoms with E-state index in [1.807, 2.05) is 6.07 Å². The first kappa shape index (κ1) is 23.0. The molecule has 0 unspecified atom stereocenters. The van der Waals surface area contributed by atoms with Crippen LogP contribution in [0.4, 0.5) is 5.69 Å². The summed E-state index contributed by atoms with van der Waals surface area (Å²) in [5.74, 6) is -0.289. The Bertz CT molecular complexity index is 829. The molecule has 148 valence electrons. The number of hydrogen-bond acceptors (Lipinski definition) is 4. The second kappa shape index (κ2) is 10.9. The fourth-order valence-corrected chi connectivity index (χ4v) is 3.64. The lowest BCUT2D eigenvalue weighted by atomic mass is 10.2. The van der Waals surface area contributed by atoms with Crippen LogP contribution in [0, 0.1) is 0 Å². The molecule has 27 heavy (non-hydrogen) atoms. The van der Waals surface area contributed by atoms with Crippen molar-refractivity contribution in [3.63, 3.8) is 0 Å². The van der Waals surface area contributed by atoms with Gasteiger partial charge >= 0.3 is 0 Å². The Morgan fingerprint density at radius 2 is 1.70 bits per heavy atom. The Kier molecular flexibility index (Phi) is 9.28. The monoisotopic (exact) mass is 411 g/mol. The van der Waals surface area contributed by atoms with E-state index in [1.165, 1.54) is 23.5 Å². The summed E-state index contributed by atoms with van der Waals surface area (Å²) in [5, 5.41) is 5.98. The predicted molar refractivity (Wildman–Crippen MR) is 111 cm³/mol. The molecule has 1 amide bonds. The van der Waals surface area contributed by atoms with Crippen LogP contribution in [0.2, 0.25) is 0 Å². The summed E-state index contributed by atoms with van der Waals surface area (Å²) >= 11 is 0. The molecule has 0 bridgehead atoms. The molecular formula is C19H26ClN3O3S. The molecule has 2 N–H and O–H groups in total. The number of rotatable bonds is 9. The Morgan fingerprint density at radius 1 is 1.00 bits per heavy atom. The topological polar surface area (TPSA) is 78.5 Å². The molecule has 2 aromatic carbocycles. The molecule has 0 atom stereocenters. The fraction of sp³-hybridized carbons (Fsp3) is 0.316. The minimum Gasteiger partial charge on any atom is -0.351 e. The molecule has 0 aromatic heterocycles.